The first kappa shape index (κ1) is 32.7. The largest absolute Gasteiger partial charge is 0.506 e. The van der Waals surface area contributed by atoms with Crippen LogP contribution in [0.4, 0.5) is 0 Å². The summed E-state index contributed by atoms with van der Waals surface area (Å²) >= 11 is 6.95. The molecule has 2 N–H and O–H groups in total. The summed E-state index contributed by atoms with van der Waals surface area (Å²) in [5, 5.41) is 21.6. The molecule has 3 nitrogen and oxygen atoms in total. The van der Waals surface area contributed by atoms with E-state index < -0.39 is 0 Å². The normalized spacial score (nSPS) is 10.2. The van der Waals surface area contributed by atoms with Gasteiger partial charge in [0.25, 0.3) is 0 Å². The van der Waals surface area contributed by atoms with E-state index in [1.165, 1.54) is 0 Å². The number of phenolic OH excluding ortho intramolecular Hbond substituents is 2. The number of hydrogen-bond acceptors (Lipinski definition) is 3. The second-order valence-electron chi connectivity index (χ2n) is 8.79. The van der Waals surface area contributed by atoms with Crippen molar-refractivity contribution >= 4 is 31.9 Å². The van der Waals surface area contributed by atoms with Gasteiger partial charge < -0.3 is 25.1 Å². The SMILES string of the molecule is Cc1cc(Br)c(O)c(-c2ccccc2-c2cccc(-c3ccccc3-c3cc(C)cc(Br)c3O)n2)c1.[CH3-].[CH3-].[Hf]. The van der Waals surface area contributed by atoms with Crippen molar-refractivity contribution in [2.24, 2.45) is 0 Å². The minimum absolute atomic E-state index is 0. The molecule has 5 aromatic rings. The van der Waals surface area contributed by atoms with E-state index in [-0.39, 0.29) is 52.2 Å². The summed E-state index contributed by atoms with van der Waals surface area (Å²) in [5.41, 5.74) is 8.83. The van der Waals surface area contributed by atoms with Crippen LogP contribution in [0.25, 0.3) is 44.8 Å². The molecule has 0 fully saturated rings. The van der Waals surface area contributed by atoms with Crippen molar-refractivity contribution in [1.29, 1.82) is 0 Å². The van der Waals surface area contributed by atoms with Gasteiger partial charge in [0.05, 0.1) is 20.3 Å². The monoisotopic (exact) mass is 809 g/mol. The Morgan fingerprint density at radius 1 is 0.513 bits per heavy atom. The predicted molar refractivity (Wildman–Crippen MR) is 167 cm³/mol. The first-order valence-corrected chi connectivity index (χ1v) is 13.1. The van der Waals surface area contributed by atoms with Crippen LogP contribution in [-0.2, 0) is 25.8 Å². The number of nitrogens with zero attached hydrogens (tertiary/aromatic N) is 1. The number of aromatic nitrogens is 1. The average Bonchev–Trinajstić information content (AvgIpc) is 2.88. The van der Waals surface area contributed by atoms with Crippen LogP contribution in [0.15, 0.2) is 99.9 Å². The maximum absolute atomic E-state index is 10.8. The molecule has 1 aromatic heterocycles. The Bertz CT molecular complexity index is 1500. The number of benzene rings is 4. The molecule has 0 aliphatic carbocycles. The standard InChI is InChI=1S/C31H23Br2NO2.2CH3.Hf/c1-18-14-24(30(35)26(32)16-18)20-8-3-5-10-22(20)28-12-7-13-29(34-28)23-11-6-4-9-21(23)25-15-19(2)17-27(33)31(25)36;;;/h3-17,35-36H,1-2H3;2*1H3;/q;2*-1;. The fraction of sp³-hybridized carbons (Fsp3) is 0.0606. The molecule has 0 unspecified atom stereocenters. The van der Waals surface area contributed by atoms with Crippen LogP contribution in [0.1, 0.15) is 11.1 Å². The fourth-order valence-corrected chi connectivity index (χ4v) is 5.65. The Morgan fingerprint density at radius 2 is 0.872 bits per heavy atom. The number of phenols is 2. The van der Waals surface area contributed by atoms with E-state index in [0.717, 1.165) is 55.9 Å². The van der Waals surface area contributed by atoms with Gasteiger partial charge in [0, 0.05) is 48.1 Å². The summed E-state index contributed by atoms with van der Waals surface area (Å²) in [4.78, 5) is 5.05. The zero-order valence-corrected chi connectivity index (χ0v) is 29.0. The Morgan fingerprint density at radius 3 is 1.26 bits per heavy atom. The van der Waals surface area contributed by atoms with E-state index in [2.05, 4.69) is 31.9 Å². The van der Waals surface area contributed by atoms with Crippen LogP contribution in [0, 0.1) is 28.7 Å². The minimum atomic E-state index is 0. The molecule has 0 spiro atoms. The van der Waals surface area contributed by atoms with Gasteiger partial charge in [0.15, 0.2) is 0 Å². The Balaban J connectivity index is 0.00000178. The molecule has 0 saturated heterocycles. The van der Waals surface area contributed by atoms with Crippen LogP contribution in [0.2, 0.25) is 0 Å². The van der Waals surface area contributed by atoms with E-state index in [4.69, 9.17) is 4.98 Å². The Hall–Kier alpha value is -2.54. The van der Waals surface area contributed by atoms with E-state index in [1.54, 1.807) is 0 Å². The molecule has 5 rings (SSSR count). The zero-order chi connectivity index (χ0) is 25.4. The van der Waals surface area contributed by atoms with E-state index >= 15 is 0 Å². The summed E-state index contributed by atoms with van der Waals surface area (Å²) in [6.45, 7) is 4.01. The van der Waals surface area contributed by atoms with Gasteiger partial charge in [0.2, 0.25) is 0 Å². The van der Waals surface area contributed by atoms with Gasteiger partial charge in [-0.15, -0.1) is 0 Å². The molecule has 6 heteroatoms. The maximum Gasteiger partial charge on any atom is 0.137 e. The molecule has 1 heterocycles. The van der Waals surface area contributed by atoms with Crippen LogP contribution in [0.3, 0.4) is 0 Å². The summed E-state index contributed by atoms with van der Waals surface area (Å²) in [6, 6.07) is 29.6. The molecule has 0 aliphatic rings. The molecule has 0 bridgehead atoms. The molecular formula is C33H29Br2HfNO2-2. The minimum Gasteiger partial charge on any atom is -0.506 e. The number of rotatable bonds is 4. The molecular weight excluding hydrogens is 781 g/mol. The van der Waals surface area contributed by atoms with Gasteiger partial charge in [-0.25, -0.2) is 4.98 Å². The van der Waals surface area contributed by atoms with Crippen molar-refractivity contribution in [3.63, 3.8) is 0 Å². The van der Waals surface area contributed by atoms with Crippen LogP contribution >= 0.6 is 31.9 Å². The first-order valence-electron chi connectivity index (χ1n) is 11.5. The van der Waals surface area contributed by atoms with Gasteiger partial charge in [-0.05, 0) is 104 Å². The third-order valence-corrected chi connectivity index (χ3v) is 7.36. The van der Waals surface area contributed by atoms with Crippen molar-refractivity contribution in [2.45, 2.75) is 13.8 Å². The summed E-state index contributed by atoms with van der Waals surface area (Å²) in [7, 11) is 0. The van der Waals surface area contributed by atoms with Gasteiger partial charge in [-0.2, -0.15) is 0 Å². The zero-order valence-electron chi connectivity index (χ0n) is 22.3. The summed E-state index contributed by atoms with van der Waals surface area (Å²) < 4.78 is 1.32. The maximum atomic E-state index is 10.8. The smallest absolute Gasteiger partial charge is 0.137 e. The Kier molecular flexibility index (Phi) is 11.5. The molecule has 0 radical (unpaired) electrons. The number of halogens is 2. The summed E-state index contributed by atoms with van der Waals surface area (Å²) in [5.74, 6) is 0.407. The molecule has 4 aromatic carbocycles. The molecule has 0 atom stereocenters. The van der Waals surface area contributed by atoms with Crippen molar-refractivity contribution in [3.05, 3.63) is 126 Å². The molecule has 0 aliphatic heterocycles. The van der Waals surface area contributed by atoms with Crippen molar-refractivity contribution < 1.29 is 36.1 Å². The van der Waals surface area contributed by atoms with Crippen LogP contribution in [-0.4, -0.2) is 15.2 Å². The summed E-state index contributed by atoms with van der Waals surface area (Å²) in [6.07, 6.45) is 0. The second-order valence-corrected chi connectivity index (χ2v) is 10.5. The van der Waals surface area contributed by atoms with Gasteiger partial charge >= 0.3 is 0 Å². The average molecular weight is 810 g/mol. The molecule has 0 saturated carbocycles. The molecule has 198 valence electrons. The molecule has 39 heavy (non-hydrogen) atoms. The van der Waals surface area contributed by atoms with E-state index in [1.807, 2.05) is 105 Å². The van der Waals surface area contributed by atoms with Crippen molar-refractivity contribution in [2.75, 3.05) is 0 Å². The topological polar surface area (TPSA) is 53.4 Å². The van der Waals surface area contributed by atoms with Crippen molar-refractivity contribution in [3.8, 4) is 56.3 Å². The third kappa shape index (κ3) is 6.62. The Labute approximate surface area is 267 Å². The number of aromatic hydroxyl groups is 2. The van der Waals surface area contributed by atoms with Crippen LogP contribution in [0.5, 0.6) is 11.5 Å². The van der Waals surface area contributed by atoms with E-state index in [0.29, 0.717) is 8.95 Å². The first-order chi connectivity index (χ1) is 17.3. The van der Waals surface area contributed by atoms with Crippen LogP contribution < -0.4 is 0 Å². The number of hydrogen-bond donors (Lipinski definition) is 2. The predicted octanol–water partition coefficient (Wildman–Crippen LogP) is 10.2. The van der Waals surface area contributed by atoms with Gasteiger partial charge in [-0.1, -0.05) is 54.6 Å². The van der Waals surface area contributed by atoms with Crippen molar-refractivity contribution in [1.82, 2.24) is 4.98 Å². The number of pyridine rings is 1. The second kappa shape index (κ2) is 13.7. The fourth-order valence-electron chi connectivity index (χ4n) is 4.50. The van der Waals surface area contributed by atoms with Gasteiger partial charge in [0.1, 0.15) is 11.5 Å². The number of aryl methyl sites for hydroxylation is 2. The quantitative estimate of drug-likeness (QED) is 0.140. The van der Waals surface area contributed by atoms with E-state index in [9.17, 15) is 10.2 Å². The third-order valence-electron chi connectivity index (χ3n) is 6.15. The van der Waals surface area contributed by atoms with Gasteiger partial charge in [-0.3, -0.25) is 0 Å². The molecule has 0 amide bonds.